The molecule has 2 aromatic heterocycles. The van der Waals surface area contributed by atoms with Crippen molar-refractivity contribution in [1.82, 2.24) is 10.3 Å². The van der Waals surface area contributed by atoms with E-state index in [2.05, 4.69) is 29.4 Å². The van der Waals surface area contributed by atoms with Gasteiger partial charge in [-0.15, -0.1) is 11.3 Å². The van der Waals surface area contributed by atoms with Crippen molar-refractivity contribution < 1.29 is 4.79 Å². The molecule has 0 bridgehead atoms. The summed E-state index contributed by atoms with van der Waals surface area (Å²) in [6.45, 7) is 2.06. The molecule has 0 saturated heterocycles. The predicted molar refractivity (Wildman–Crippen MR) is 101 cm³/mol. The standard InChI is InChI=1S/C19H21N3OS/c1-11-7-8-15-12(9-11)10-14-16(20)17(24-19(14)22-15)18(23)21-13-5-3-2-4-6-13/h7-10,13H,2-6,20H2,1H3,(H,21,23). The van der Waals surface area contributed by atoms with Crippen LogP contribution >= 0.6 is 11.3 Å². The number of benzene rings is 1. The van der Waals surface area contributed by atoms with Crippen LogP contribution in [0, 0.1) is 6.92 Å². The number of nitrogens with zero attached hydrogens (tertiary/aromatic N) is 1. The number of nitrogens with one attached hydrogen (secondary N) is 1. The van der Waals surface area contributed by atoms with Crippen LogP contribution in [0.15, 0.2) is 24.3 Å². The first-order valence-electron chi connectivity index (χ1n) is 8.52. The number of hydrogen-bond donors (Lipinski definition) is 2. The molecular weight excluding hydrogens is 318 g/mol. The van der Waals surface area contributed by atoms with Gasteiger partial charge in [-0.2, -0.15) is 0 Å². The summed E-state index contributed by atoms with van der Waals surface area (Å²) in [5.74, 6) is -0.0531. The van der Waals surface area contributed by atoms with E-state index in [1.165, 1.54) is 36.2 Å². The third kappa shape index (κ3) is 2.73. The van der Waals surface area contributed by atoms with Gasteiger partial charge in [-0.1, -0.05) is 30.9 Å². The summed E-state index contributed by atoms with van der Waals surface area (Å²) >= 11 is 1.39. The van der Waals surface area contributed by atoms with E-state index in [0.717, 1.165) is 34.0 Å². The number of aryl methyl sites for hydroxylation is 1. The monoisotopic (exact) mass is 339 g/mol. The predicted octanol–water partition coefficient (Wildman–Crippen LogP) is 4.40. The number of pyridine rings is 1. The van der Waals surface area contributed by atoms with Gasteiger partial charge in [0, 0.05) is 16.8 Å². The van der Waals surface area contributed by atoms with Gasteiger partial charge in [0.1, 0.15) is 9.71 Å². The molecule has 4 nitrogen and oxygen atoms in total. The van der Waals surface area contributed by atoms with Gasteiger partial charge in [0.25, 0.3) is 5.91 Å². The van der Waals surface area contributed by atoms with Crippen LogP contribution in [0.5, 0.6) is 0 Å². The molecule has 24 heavy (non-hydrogen) atoms. The number of hydrogen-bond acceptors (Lipinski definition) is 4. The minimum Gasteiger partial charge on any atom is -0.397 e. The highest BCUT2D eigenvalue weighted by atomic mass is 32.1. The van der Waals surface area contributed by atoms with Crippen LogP contribution in [0.1, 0.15) is 47.3 Å². The second kappa shape index (κ2) is 6.06. The molecule has 3 aromatic rings. The van der Waals surface area contributed by atoms with Crippen LogP contribution in [0.4, 0.5) is 5.69 Å². The van der Waals surface area contributed by atoms with E-state index in [1.54, 1.807) is 0 Å². The van der Waals surface area contributed by atoms with Crippen LogP contribution in [-0.4, -0.2) is 16.9 Å². The van der Waals surface area contributed by atoms with E-state index in [1.807, 2.05) is 12.1 Å². The molecular formula is C19H21N3OS. The molecule has 0 unspecified atom stereocenters. The quantitative estimate of drug-likeness (QED) is 0.727. The van der Waals surface area contributed by atoms with Crippen molar-refractivity contribution in [2.75, 3.05) is 5.73 Å². The summed E-state index contributed by atoms with van der Waals surface area (Å²) < 4.78 is 0. The lowest BCUT2D eigenvalue weighted by Gasteiger charge is -2.22. The molecule has 0 aliphatic heterocycles. The van der Waals surface area contributed by atoms with E-state index in [9.17, 15) is 4.79 Å². The summed E-state index contributed by atoms with van der Waals surface area (Å²) in [5.41, 5.74) is 8.96. The summed E-state index contributed by atoms with van der Waals surface area (Å²) in [6, 6.07) is 8.50. The maximum absolute atomic E-state index is 12.6. The third-order valence-corrected chi connectivity index (χ3v) is 5.93. The van der Waals surface area contributed by atoms with Gasteiger partial charge in [0.05, 0.1) is 11.2 Å². The van der Waals surface area contributed by atoms with Crippen LogP contribution in [0.3, 0.4) is 0 Å². The number of rotatable bonds is 2. The number of amides is 1. The summed E-state index contributed by atoms with van der Waals surface area (Å²) in [6.07, 6.45) is 5.79. The zero-order chi connectivity index (χ0) is 16.7. The molecule has 0 atom stereocenters. The van der Waals surface area contributed by atoms with Crippen molar-refractivity contribution in [2.24, 2.45) is 0 Å². The Bertz CT molecular complexity index is 925. The first-order valence-corrected chi connectivity index (χ1v) is 9.34. The molecule has 1 aliphatic carbocycles. The second-order valence-corrected chi connectivity index (χ2v) is 7.69. The summed E-state index contributed by atoms with van der Waals surface area (Å²) in [4.78, 5) is 18.8. The lowest BCUT2D eigenvalue weighted by Crippen LogP contribution is -2.36. The Morgan fingerprint density at radius 1 is 1.25 bits per heavy atom. The first-order chi connectivity index (χ1) is 11.6. The number of fused-ring (bicyclic) bond motifs is 2. The van der Waals surface area contributed by atoms with Crippen molar-refractivity contribution in [3.05, 3.63) is 34.7 Å². The second-order valence-electron chi connectivity index (χ2n) is 6.69. The average molecular weight is 339 g/mol. The highest BCUT2D eigenvalue weighted by Gasteiger charge is 2.21. The van der Waals surface area contributed by atoms with Crippen LogP contribution in [-0.2, 0) is 0 Å². The number of nitrogens with two attached hydrogens (primary N) is 1. The maximum atomic E-state index is 12.6. The number of anilines is 1. The first kappa shape index (κ1) is 15.4. The van der Waals surface area contributed by atoms with Gasteiger partial charge in [-0.3, -0.25) is 4.79 Å². The Balaban J connectivity index is 1.71. The third-order valence-electron chi connectivity index (χ3n) is 4.82. The molecule has 4 rings (SSSR count). The zero-order valence-corrected chi connectivity index (χ0v) is 14.6. The van der Waals surface area contributed by atoms with Crippen molar-refractivity contribution in [2.45, 2.75) is 45.1 Å². The Morgan fingerprint density at radius 3 is 2.83 bits per heavy atom. The van der Waals surface area contributed by atoms with Gasteiger partial charge in [0.15, 0.2) is 0 Å². The largest absolute Gasteiger partial charge is 0.397 e. The molecule has 1 fully saturated rings. The number of thiophene rings is 1. The van der Waals surface area contributed by atoms with Gasteiger partial charge in [0.2, 0.25) is 0 Å². The van der Waals surface area contributed by atoms with Gasteiger partial charge < -0.3 is 11.1 Å². The lowest BCUT2D eigenvalue weighted by atomic mass is 9.95. The highest BCUT2D eigenvalue weighted by Crippen LogP contribution is 2.35. The Morgan fingerprint density at radius 2 is 2.04 bits per heavy atom. The van der Waals surface area contributed by atoms with E-state index in [4.69, 9.17) is 5.73 Å². The molecule has 3 N–H and O–H groups in total. The van der Waals surface area contributed by atoms with Crippen molar-refractivity contribution >= 4 is 44.1 Å². The highest BCUT2D eigenvalue weighted by molar-refractivity contribution is 7.21. The zero-order valence-electron chi connectivity index (χ0n) is 13.8. The topological polar surface area (TPSA) is 68.0 Å². The van der Waals surface area contributed by atoms with Crippen LogP contribution in [0.2, 0.25) is 0 Å². The molecule has 0 radical (unpaired) electrons. The van der Waals surface area contributed by atoms with Crippen LogP contribution < -0.4 is 11.1 Å². The normalized spacial score (nSPS) is 15.9. The van der Waals surface area contributed by atoms with Crippen molar-refractivity contribution in [3.63, 3.8) is 0 Å². The molecule has 124 valence electrons. The molecule has 1 amide bonds. The van der Waals surface area contributed by atoms with E-state index in [0.29, 0.717) is 10.6 Å². The number of carbonyl (C=O) groups is 1. The summed E-state index contributed by atoms with van der Waals surface area (Å²) in [5, 5.41) is 5.09. The molecule has 5 heteroatoms. The molecule has 1 aromatic carbocycles. The minimum absolute atomic E-state index is 0.0531. The number of nitrogen functional groups attached to an aromatic ring is 1. The Labute approximate surface area is 145 Å². The average Bonchev–Trinajstić information content (AvgIpc) is 2.90. The number of aromatic nitrogens is 1. The minimum atomic E-state index is -0.0531. The Kier molecular flexibility index (Phi) is 3.88. The summed E-state index contributed by atoms with van der Waals surface area (Å²) in [7, 11) is 0. The smallest absolute Gasteiger partial charge is 0.263 e. The Hall–Kier alpha value is -2.14. The van der Waals surface area contributed by atoms with E-state index in [-0.39, 0.29) is 11.9 Å². The van der Waals surface area contributed by atoms with E-state index < -0.39 is 0 Å². The fourth-order valence-electron chi connectivity index (χ4n) is 3.49. The van der Waals surface area contributed by atoms with E-state index >= 15 is 0 Å². The SMILES string of the molecule is Cc1ccc2nc3sc(C(=O)NC4CCCCC4)c(N)c3cc2c1. The van der Waals surface area contributed by atoms with Crippen LogP contribution in [0.25, 0.3) is 21.1 Å². The van der Waals surface area contributed by atoms with Gasteiger partial charge >= 0.3 is 0 Å². The molecule has 1 aliphatic rings. The van der Waals surface area contributed by atoms with Gasteiger partial charge in [-0.25, -0.2) is 4.98 Å². The fraction of sp³-hybridized carbons (Fsp3) is 0.368. The molecule has 0 spiro atoms. The number of carbonyl (C=O) groups excluding carboxylic acids is 1. The van der Waals surface area contributed by atoms with Gasteiger partial charge in [-0.05, 0) is 38.0 Å². The maximum Gasteiger partial charge on any atom is 0.263 e. The molecule has 2 heterocycles. The van der Waals surface area contributed by atoms with Crippen molar-refractivity contribution in [3.8, 4) is 0 Å². The fourth-order valence-corrected chi connectivity index (χ4v) is 4.48. The lowest BCUT2D eigenvalue weighted by molar-refractivity contribution is 0.0932. The van der Waals surface area contributed by atoms with Crippen molar-refractivity contribution in [1.29, 1.82) is 0 Å². The molecule has 1 saturated carbocycles.